The van der Waals surface area contributed by atoms with Crippen molar-refractivity contribution in [2.45, 2.75) is 39.5 Å². The molecule has 122 valence electrons. The molecule has 23 heavy (non-hydrogen) atoms. The molecular formula is C17H20N2O3S. The molecule has 0 bridgehead atoms. The van der Waals surface area contributed by atoms with Gasteiger partial charge in [-0.15, -0.1) is 11.3 Å². The maximum absolute atomic E-state index is 12.0. The summed E-state index contributed by atoms with van der Waals surface area (Å²) in [6.45, 7) is 3.90. The van der Waals surface area contributed by atoms with E-state index in [9.17, 15) is 14.9 Å². The number of nitrogens with one attached hydrogen (secondary N) is 1. The molecule has 0 radical (unpaired) electrons. The predicted molar refractivity (Wildman–Crippen MR) is 87.1 cm³/mol. The Morgan fingerprint density at radius 1 is 1.43 bits per heavy atom. The lowest BCUT2D eigenvalue weighted by Gasteiger charge is -2.17. The van der Waals surface area contributed by atoms with Crippen LogP contribution >= 0.6 is 11.3 Å². The van der Waals surface area contributed by atoms with Crippen LogP contribution in [0, 0.1) is 29.1 Å². The molecule has 1 fully saturated rings. The first kappa shape index (κ1) is 16.0. The zero-order valence-electron chi connectivity index (χ0n) is 13.3. The molecule has 2 aliphatic rings. The third kappa shape index (κ3) is 3.40. The second-order valence-corrected chi connectivity index (χ2v) is 7.75. The molecule has 0 saturated heterocycles. The van der Waals surface area contributed by atoms with Crippen LogP contribution in [0.5, 0.6) is 0 Å². The molecule has 5 nitrogen and oxygen atoms in total. The number of carbonyl (C=O) groups excluding carboxylic acids is 2. The van der Waals surface area contributed by atoms with Crippen LogP contribution in [0.3, 0.4) is 0 Å². The third-order valence-corrected chi connectivity index (χ3v) is 5.80. The second kappa shape index (κ2) is 6.32. The lowest BCUT2D eigenvalue weighted by Crippen LogP contribution is -2.21. The minimum absolute atomic E-state index is 0.0481. The van der Waals surface area contributed by atoms with E-state index in [0.717, 1.165) is 31.2 Å². The standard InChI is InChI=1S/C17H20N2O3S/c1-9-3-4-11-13(7-18)16(23-14(11)5-9)19-15(20)8-22-17(21)12-6-10(12)2/h9-10,12H,3-6,8H2,1-2H3,(H,19,20)/t9-,10+,12-/m1/s1. The zero-order valence-corrected chi connectivity index (χ0v) is 14.2. The molecule has 1 N–H and O–H groups in total. The van der Waals surface area contributed by atoms with Gasteiger partial charge in [-0.2, -0.15) is 5.26 Å². The number of nitriles is 1. The zero-order chi connectivity index (χ0) is 16.6. The maximum atomic E-state index is 12.0. The van der Waals surface area contributed by atoms with E-state index in [1.165, 1.54) is 16.2 Å². The largest absolute Gasteiger partial charge is 0.455 e. The minimum atomic E-state index is -0.380. The Bertz CT molecular complexity index is 689. The summed E-state index contributed by atoms with van der Waals surface area (Å²) in [5.41, 5.74) is 1.65. The number of amides is 1. The average molecular weight is 332 g/mol. The molecule has 1 saturated carbocycles. The minimum Gasteiger partial charge on any atom is -0.455 e. The fourth-order valence-corrected chi connectivity index (χ4v) is 4.39. The maximum Gasteiger partial charge on any atom is 0.309 e. The van der Waals surface area contributed by atoms with Crippen molar-refractivity contribution in [3.63, 3.8) is 0 Å². The van der Waals surface area contributed by atoms with E-state index in [4.69, 9.17) is 4.74 Å². The molecular weight excluding hydrogens is 312 g/mol. The fourth-order valence-electron chi connectivity index (χ4n) is 3.01. The molecule has 0 unspecified atom stereocenters. The molecule has 6 heteroatoms. The van der Waals surface area contributed by atoms with Gasteiger partial charge in [0.05, 0.1) is 11.5 Å². The number of nitrogens with zero attached hydrogens (tertiary/aromatic N) is 1. The Morgan fingerprint density at radius 3 is 2.83 bits per heavy atom. The number of ether oxygens (including phenoxy) is 1. The van der Waals surface area contributed by atoms with Crippen molar-refractivity contribution in [2.75, 3.05) is 11.9 Å². The van der Waals surface area contributed by atoms with Gasteiger partial charge in [0.15, 0.2) is 6.61 Å². The van der Waals surface area contributed by atoms with Gasteiger partial charge in [0.25, 0.3) is 5.91 Å². The molecule has 1 aromatic heterocycles. The smallest absolute Gasteiger partial charge is 0.309 e. The number of thiophene rings is 1. The number of esters is 1. The normalized spacial score (nSPS) is 25.2. The van der Waals surface area contributed by atoms with Crippen LogP contribution in [0.4, 0.5) is 5.00 Å². The second-order valence-electron chi connectivity index (χ2n) is 6.64. The highest BCUT2D eigenvalue weighted by Gasteiger charge is 2.40. The first-order valence-corrected chi connectivity index (χ1v) is 8.82. The van der Waals surface area contributed by atoms with Crippen molar-refractivity contribution in [1.29, 1.82) is 5.26 Å². The van der Waals surface area contributed by atoms with Crippen molar-refractivity contribution in [1.82, 2.24) is 0 Å². The molecule has 1 heterocycles. The highest BCUT2D eigenvalue weighted by molar-refractivity contribution is 7.16. The Morgan fingerprint density at radius 2 is 2.17 bits per heavy atom. The van der Waals surface area contributed by atoms with Crippen LogP contribution < -0.4 is 5.32 Å². The Balaban J connectivity index is 1.62. The van der Waals surface area contributed by atoms with Gasteiger partial charge < -0.3 is 10.1 Å². The van der Waals surface area contributed by atoms with E-state index >= 15 is 0 Å². The van der Waals surface area contributed by atoms with Gasteiger partial charge >= 0.3 is 5.97 Å². The van der Waals surface area contributed by atoms with E-state index in [-0.39, 0.29) is 24.4 Å². The summed E-state index contributed by atoms with van der Waals surface area (Å²) in [7, 11) is 0. The van der Waals surface area contributed by atoms with Gasteiger partial charge in [0.1, 0.15) is 11.1 Å². The number of hydrogen-bond donors (Lipinski definition) is 1. The summed E-state index contributed by atoms with van der Waals surface area (Å²) in [6.07, 6.45) is 3.76. The van der Waals surface area contributed by atoms with E-state index in [1.807, 2.05) is 6.92 Å². The highest BCUT2D eigenvalue weighted by Crippen LogP contribution is 2.40. The van der Waals surface area contributed by atoms with Gasteiger partial charge in [-0.3, -0.25) is 9.59 Å². The molecule has 1 aromatic rings. The van der Waals surface area contributed by atoms with Crippen LogP contribution in [0.25, 0.3) is 0 Å². The average Bonchev–Trinajstić information content (AvgIpc) is 3.14. The van der Waals surface area contributed by atoms with Gasteiger partial charge in [0.2, 0.25) is 0 Å². The van der Waals surface area contributed by atoms with Crippen molar-refractivity contribution in [3.05, 3.63) is 16.0 Å². The summed E-state index contributed by atoms with van der Waals surface area (Å²) in [4.78, 5) is 24.8. The van der Waals surface area contributed by atoms with Gasteiger partial charge in [-0.25, -0.2) is 0 Å². The molecule has 3 rings (SSSR count). The molecule has 2 aliphatic carbocycles. The van der Waals surface area contributed by atoms with Gasteiger partial charge in [-0.1, -0.05) is 13.8 Å². The topological polar surface area (TPSA) is 79.2 Å². The molecule has 0 aromatic carbocycles. The third-order valence-electron chi connectivity index (χ3n) is 4.63. The Kier molecular flexibility index (Phi) is 4.40. The first-order chi connectivity index (χ1) is 11.0. The van der Waals surface area contributed by atoms with Crippen molar-refractivity contribution in [3.8, 4) is 6.07 Å². The lowest BCUT2D eigenvalue weighted by molar-refractivity contribution is -0.148. The number of rotatable bonds is 4. The Hall–Kier alpha value is -1.87. The van der Waals surface area contributed by atoms with Crippen LogP contribution in [0.1, 0.15) is 42.7 Å². The predicted octanol–water partition coefficient (Wildman–Crippen LogP) is 2.88. The molecule has 3 atom stereocenters. The SMILES string of the molecule is C[C@@H]1CCc2c(sc(NC(=O)COC(=O)[C@@H]3C[C@@H]3C)c2C#N)C1. The number of anilines is 1. The van der Waals surface area contributed by atoms with Crippen LogP contribution in [0.15, 0.2) is 0 Å². The molecule has 0 aliphatic heterocycles. The van der Waals surface area contributed by atoms with Crippen LogP contribution in [0.2, 0.25) is 0 Å². The monoisotopic (exact) mass is 332 g/mol. The molecule has 1 amide bonds. The summed E-state index contributed by atoms with van der Waals surface area (Å²) in [6, 6.07) is 2.21. The van der Waals surface area contributed by atoms with Crippen molar-refractivity contribution < 1.29 is 14.3 Å². The van der Waals surface area contributed by atoms with Crippen LogP contribution in [-0.4, -0.2) is 18.5 Å². The van der Waals surface area contributed by atoms with Crippen molar-refractivity contribution in [2.24, 2.45) is 17.8 Å². The van der Waals surface area contributed by atoms with E-state index in [2.05, 4.69) is 18.3 Å². The lowest BCUT2D eigenvalue weighted by atomic mass is 9.89. The van der Waals surface area contributed by atoms with E-state index < -0.39 is 0 Å². The number of fused-ring (bicyclic) bond motifs is 1. The van der Waals surface area contributed by atoms with E-state index in [0.29, 0.717) is 22.4 Å². The van der Waals surface area contributed by atoms with Gasteiger partial charge in [0, 0.05) is 4.88 Å². The quantitative estimate of drug-likeness (QED) is 0.860. The summed E-state index contributed by atoms with van der Waals surface area (Å²) in [5, 5.41) is 12.7. The Labute approximate surface area is 139 Å². The number of hydrogen-bond acceptors (Lipinski definition) is 5. The van der Waals surface area contributed by atoms with E-state index in [1.54, 1.807) is 0 Å². The number of carbonyl (C=O) groups is 2. The van der Waals surface area contributed by atoms with Crippen LogP contribution in [-0.2, 0) is 27.2 Å². The summed E-state index contributed by atoms with van der Waals surface area (Å²) < 4.78 is 5.03. The first-order valence-electron chi connectivity index (χ1n) is 8.00. The molecule has 0 spiro atoms. The highest BCUT2D eigenvalue weighted by atomic mass is 32.1. The summed E-state index contributed by atoms with van der Waals surface area (Å²) in [5.74, 6) is 0.245. The van der Waals surface area contributed by atoms with Crippen molar-refractivity contribution >= 4 is 28.2 Å². The van der Waals surface area contributed by atoms with Gasteiger partial charge in [-0.05, 0) is 43.1 Å². The fraction of sp³-hybridized carbons (Fsp3) is 0.588. The summed E-state index contributed by atoms with van der Waals surface area (Å²) >= 11 is 1.48.